The topological polar surface area (TPSA) is 12.9 Å². The van der Waals surface area contributed by atoms with Crippen LogP contribution in [0.4, 0.5) is 13.2 Å². The first-order valence-corrected chi connectivity index (χ1v) is 6.25. The van der Waals surface area contributed by atoms with Gasteiger partial charge in [-0.2, -0.15) is 13.2 Å². The molecule has 0 atom stereocenters. The zero-order chi connectivity index (χ0) is 14.5. The maximum absolute atomic E-state index is 13.3. The Labute approximate surface area is 114 Å². The molecule has 0 saturated carbocycles. The second-order valence-corrected chi connectivity index (χ2v) is 4.88. The highest BCUT2D eigenvalue weighted by molar-refractivity contribution is 6.06. The van der Waals surface area contributed by atoms with Gasteiger partial charge in [0.15, 0.2) is 0 Å². The molecule has 2 aromatic carbocycles. The summed E-state index contributed by atoms with van der Waals surface area (Å²) in [6, 6.07) is 10.6. The number of aryl methyl sites for hydroxylation is 1. The lowest BCUT2D eigenvalue weighted by molar-refractivity contribution is -0.136. The van der Waals surface area contributed by atoms with Crippen molar-refractivity contribution in [1.29, 1.82) is 0 Å². The smallest absolute Gasteiger partial charge is 0.252 e. The summed E-state index contributed by atoms with van der Waals surface area (Å²) in [4.78, 5) is 4.38. The number of pyridine rings is 1. The summed E-state index contributed by atoms with van der Waals surface area (Å²) >= 11 is 0. The second kappa shape index (κ2) is 4.20. The molecule has 102 valence electrons. The molecule has 1 nitrogen and oxygen atoms in total. The summed E-state index contributed by atoms with van der Waals surface area (Å²) in [5, 5.41) is 1.81. The maximum atomic E-state index is 13.3. The van der Waals surface area contributed by atoms with Crippen LogP contribution in [0.3, 0.4) is 0 Å². The molecule has 0 aliphatic rings. The van der Waals surface area contributed by atoms with E-state index in [0.717, 1.165) is 10.8 Å². The van der Waals surface area contributed by atoms with E-state index in [2.05, 4.69) is 4.98 Å². The molecule has 3 rings (SSSR count). The number of hydrogen-bond acceptors (Lipinski definition) is 1. The standard InChI is InChI=1S/C16H12F3N/c1-9-10(2)20-15-12-6-4-3-5-11(12)7-8-13(15)14(9)16(17,18)19/h3-8H,1-2H3. The van der Waals surface area contributed by atoms with Crippen LogP contribution in [0.25, 0.3) is 21.7 Å². The molecule has 0 N–H and O–H groups in total. The van der Waals surface area contributed by atoms with Crippen molar-refractivity contribution in [2.45, 2.75) is 20.0 Å². The van der Waals surface area contributed by atoms with E-state index >= 15 is 0 Å². The Morgan fingerprint density at radius 1 is 0.900 bits per heavy atom. The van der Waals surface area contributed by atoms with Crippen LogP contribution in [0.2, 0.25) is 0 Å². The number of alkyl halides is 3. The monoisotopic (exact) mass is 275 g/mol. The van der Waals surface area contributed by atoms with Crippen LogP contribution >= 0.6 is 0 Å². The minimum atomic E-state index is -4.38. The van der Waals surface area contributed by atoms with E-state index in [1.807, 2.05) is 18.2 Å². The average molecular weight is 275 g/mol. The van der Waals surface area contributed by atoms with Gasteiger partial charge in [0.2, 0.25) is 0 Å². The Morgan fingerprint density at radius 3 is 2.30 bits per heavy atom. The van der Waals surface area contributed by atoms with Crippen molar-refractivity contribution in [1.82, 2.24) is 4.98 Å². The van der Waals surface area contributed by atoms with E-state index in [4.69, 9.17) is 0 Å². The summed E-state index contributed by atoms with van der Waals surface area (Å²) in [6.45, 7) is 3.09. The average Bonchev–Trinajstić information content (AvgIpc) is 2.38. The van der Waals surface area contributed by atoms with Crippen LogP contribution in [0.5, 0.6) is 0 Å². The molecular formula is C16H12F3N. The molecule has 0 amide bonds. The summed E-state index contributed by atoms with van der Waals surface area (Å²) in [5.74, 6) is 0. The fourth-order valence-electron chi connectivity index (χ4n) is 2.58. The van der Waals surface area contributed by atoms with E-state index < -0.39 is 11.7 Å². The zero-order valence-corrected chi connectivity index (χ0v) is 11.0. The summed E-state index contributed by atoms with van der Waals surface area (Å²) in [7, 11) is 0. The summed E-state index contributed by atoms with van der Waals surface area (Å²) < 4.78 is 40.0. The van der Waals surface area contributed by atoms with Gasteiger partial charge >= 0.3 is 6.18 Å². The molecule has 0 unspecified atom stereocenters. The zero-order valence-electron chi connectivity index (χ0n) is 11.0. The molecule has 0 bridgehead atoms. The van der Waals surface area contributed by atoms with Gasteiger partial charge in [-0.1, -0.05) is 36.4 Å². The third-order valence-electron chi connectivity index (χ3n) is 3.65. The SMILES string of the molecule is Cc1nc2c(ccc3ccccc32)c(C(F)(F)F)c1C. The molecule has 4 heteroatoms. The van der Waals surface area contributed by atoms with Gasteiger partial charge in [-0.25, -0.2) is 0 Å². The van der Waals surface area contributed by atoms with Crippen LogP contribution in [-0.2, 0) is 6.18 Å². The molecule has 3 aromatic rings. The van der Waals surface area contributed by atoms with Gasteiger partial charge in [0.1, 0.15) is 0 Å². The lowest BCUT2D eigenvalue weighted by Gasteiger charge is -2.16. The van der Waals surface area contributed by atoms with Crippen molar-refractivity contribution in [2.75, 3.05) is 0 Å². The molecule has 0 saturated heterocycles. The van der Waals surface area contributed by atoms with Crippen LogP contribution in [-0.4, -0.2) is 4.98 Å². The lowest BCUT2D eigenvalue weighted by atomic mass is 9.98. The van der Waals surface area contributed by atoms with Gasteiger partial charge in [-0.05, 0) is 24.8 Å². The number of nitrogens with zero attached hydrogens (tertiary/aromatic N) is 1. The first-order chi connectivity index (χ1) is 9.39. The fourth-order valence-corrected chi connectivity index (χ4v) is 2.58. The highest BCUT2D eigenvalue weighted by Crippen LogP contribution is 2.39. The normalized spacial score (nSPS) is 12.2. The van der Waals surface area contributed by atoms with E-state index in [1.165, 1.54) is 13.0 Å². The Bertz CT molecular complexity index is 819. The molecular weight excluding hydrogens is 263 g/mol. The van der Waals surface area contributed by atoms with Gasteiger partial charge < -0.3 is 0 Å². The van der Waals surface area contributed by atoms with Crippen molar-refractivity contribution in [3.63, 3.8) is 0 Å². The van der Waals surface area contributed by atoms with E-state index in [0.29, 0.717) is 11.2 Å². The van der Waals surface area contributed by atoms with E-state index in [-0.39, 0.29) is 10.9 Å². The Balaban J connectivity index is 2.57. The minimum absolute atomic E-state index is 0.166. The highest BCUT2D eigenvalue weighted by atomic mass is 19.4. The van der Waals surface area contributed by atoms with Crippen LogP contribution in [0.1, 0.15) is 16.8 Å². The van der Waals surface area contributed by atoms with E-state index in [1.54, 1.807) is 19.1 Å². The van der Waals surface area contributed by atoms with Crippen LogP contribution in [0.15, 0.2) is 36.4 Å². The van der Waals surface area contributed by atoms with Crippen molar-refractivity contribution < 1.29 is 13.2 Å². The molecule has 0 fully saturated rings. The largest absolute Gasteiger partial charge is 0.417 e. The second-order valence-electron chi connectivity index (χ2n) is 4.88. The minimum Gasteiger partial charge on any atom is -0.252 e. The van der Waals surface area contributed by atoms with Crippen LogP contribution in [0, 0.1) is 13.8 Å². The lowest BCUT2D eigenvalue weighted by Crippen LogP contribution is -2.11. The van der Waals surface area contributed by atoms with Gasteiger partial charge in [0.25, 0.3) is 0 Å². The number of hydrogen-bond donors (Lipinski definition) is 0. The predicted octanol–water partition coefficient (Wildman–Crippen LogP) is 5.02. The first-order valence-electron chi connectivity index (χ1n) is 6.25. The molecule has 20 heavy (non-hydrogen) atoms. The Hall–Kier alpha value is -2.10. The molecule has 0 aliphatic heterocycles. The van der Waals surface area contributed by atoms with Gasteiger partial charge in [0, 0.05) is 16.5 Å². The summed E-state index contributed by atoms with van der Waals surface area (Å²) in [5.41, 5.74) is 0.450. The van der Waals surface area contributed by atoms with Gasteiger partial charge in [0.05, 0.1) is 11.1 Å². The number of benzene rings is 2. The summed E-state index contributed by atoms with van der Waals surface area (Å²) in [6.07, 6.45) is -4.38. The predicted molar refractivity (Wildman–Crippen MR) is 73.7 cm³/mol. The molecule has 0 spiro atoms. The Morgan fingerprint density at radius 2 is 1.60 bits per heavy atom. The van der Waals surface area contributed by atoms with Crippen molar-refractivity contribution in [3.8, 4) is 0 Å². The van der Waals surface area contributed by atoms with Crippen molar-refractivity contribution in [3.05, 3.63) is 53.2 Å². The maximum Gasteiger partial charge on any atom is 0.417 e. The number of halogens is 3. The molecule has 0 aliphatic carbocycles. The number of fused-ring (bicyclic) bond motifs is 3. The molecule has 1 aromatic heterocycles. The van der Waals surface area contributed by atoms with Gasteiger partial charge in [-0.15, -0.1) is 0 Å². The van der Waals surface area contributed by atoms with Gasteiger partial charge in [-0.3, -0.25) is 4.98 Å². The van der Waals surface area contributed by atoms with Crippen molar-refractivity contribution >= 4 is 21.7 Å². The van der Waals surface area contributed by atoms with Crippen LogP contribution < -0.4 is 0 Å². The third-order valence-corrected chi connectivity index (χ3v) is 3.65. The fraction of sp³-hybridized carbons (Fsp3) is 0.188. The first kappa shape index (κ1) is 12.9. The molecule has 0 radical (unpaired) electrons. The highest BCUT2D eigenvalue weighted by Gasteiger charge is 2.35. The molecule has 1 heterocycles. The third kappa shape index (κ3) is 1.83. The Kier molecular flexibility index (Phi) is 2.71. The quantitative estimate of drug-likeness (QED) is 0.525. The number of aromatic nitrogens is 1. The van der Waals surface area contributed by atoms with E-state index in [9.17, 15) is 13.2 Å². The van der Waals surface area contributed by atoms with Crippen molar-refractivity contribution in [2.24, 2.45) is 0 Å². The number of rotatable bonds is 0.